The summed E-state index contributed by atoms with van der Waals surface area (Å²) in [6.45, 7) is 10.2. The summed E-state index contributed by atoms with van der Waals surface area (Å²) in [5.41, 5.74) is 0.972. The van der Waals surface area contributed by atoms with E-state index < -0.39 is 0 Å². The Morgan fingerprint density at radius 1 is 1.23 bits per heavy atom. The van der Waals surface area contributed by atoms with E-state index in [1.165, 1.54) is 0 Å². The zero-order valence-electron chi connectivity index (χ0n) is 13.6. The van der Waals surface area contributed by atoms with Crippen molar-refractivity contribution in [1.82, 2.24) is 24.6 Å². The molecule has 22 heavy (non-hydrogen) atoms. The molecule has 6 nitrogen and oxygen atoms in total. The Kier molecular flexibility index (Phi) is 4.22. The molecule has 1 saturated heterocycles. The summed E-state index contributed by atoms with van der Waals surface area (Å²) in [7, 11) is 0. The van der Waals surface area contributed by atoms with Crippen molar-refractivity contribution < 1.29 is 4.74 Å². The highest BCUT2D eigenvalue weighted by Crippen LogP contribution is 2.24. The summed E-state index contributed by atoms with van der Waals surface area (Å²) in [6.07, 6.45) is 2.07. The van der Waals surface area contributed by atoms with Crippen molar-refractivity contribution in [1.29, 1.82) is 0 Å². The van der Waals surface area contributed by atoms with Crippen LogP contribution in [-0.4, -0.2) is 49.9 Å². The molecule has 0 amide bonds. The largest absolute Gasteiger partial charge is 0.373 e. The molecule has 0 spiro atoms. The van der Waals surface area contributed by atoms with Crippen LogP contribution in [0, 0.1) is 6.92 Å². The first-order valence-corrected chi connectivity index (χ1v) is 7.78. The fourth-order valence-corrected chi connectivity index (χ4v) is 3.06. The van der Waals surface area contributed by atoms with E-state index in [4.69, 9.17) is 4.74 Å². The summed E-state index contributed by atoms with van der Waals surface area (Å²) < 4.78 is 7.65. The zero-order valence-corrected chi connectivity index (χ0v) is 13.6. The molecule has 3 heterocycles. The lowest BCUT2D eigenvalue weighted by Crippen LogP contribution is -2.46. The van der Waals surface area contributed by atoms with E-state index in [-0.39, 0.29) is 18.2 Å². The van der Waals surface area contributed by atoms with Gasteiger partial charge < -0.3 is 4.74 Å². The number of aryl methyl sites for hydroxylation is 1. The third-order valence-corrected chi connectivity index (χ3v) is 4.03. The molecule has 2 aromatic heterocycles. The molecule has 0 aliphatic carbocycles. The van der Waals surface area contributed by atoms with Crippen LogP contribution in [0.3, 0.4) is 0 Å². The van der Waals surface area contributed by atoms with Crippen LogP contribution in [0.5, 0.6) is 0 Å². The highest BCUT2D eigenvalue weighted by Gasteiger charge is 2.29. The quantitative estimate of drug-likeness (QED) is 0.869. The molecule has 3 rings (SSSR count). The van der Waals surface area contributed by atoms with Crippen molar-refractivity contribution >= 4 is 0 Å². The Hall–Kier alpha value is -1.79. The van der Waals surface area contributed by atoms with Crippen LogP contribution in [0.15, 0.2) is 24.5 Å². The molecule has 1 aliphatic heterocycles. The lowest BCUT2D eigenvalue weighted by Gasteiger charge is -2.38. The number of hydrogen-bond donors (Lipinski definition) is 0. The van der Waals surface area contributed by atoms with Crippen molar-refractivity contribution in [3.8, 4) is 5.82 Å². The van der Waals surface area contributed by atoms with Gasteiger partial charge in [-0.05, 0) is 39.8 Å². The second-order valence-electron chi connectivity index (χ2n) is 6.05. The van der Waals surface area contributed by atoms with Crippen molar-refractivity contribution in [3.05, 3.63) is 36.0 Å². The van der Waals surface area contributed by atoms with E-state index >= 15 is 0 Å². The predicted octanol–water partition coefficient (Wildman–Crippen LogP) is 2.14. The predicted molar refractivity (Wildman–Crippen MR) is 83.9 cm³/mol. The highest BCUT2D eigenvalue weighted by molar-refractivity contribution is 5.24. The van der Waals surface area contributed by atoms with E-state index in [0.29, 0.717) is 0 Å². The van der Waals surface area contributed by atoms with Crippen molar-refractivity contribution in [2.24, 2.45) is 0 Å². The first-order valence-electron chi connectivity index (χ1n) is 7.78. The van der Waals surface area contributed by atoms with E-state index in [0.717, 1.165) is 30.4 Å². The molecule has 1 fully saturated rings. The zero-order chi connectivity index (χ0) is 15.7. The van der Waals surface area contributed by atoms with Gasteiger partial charge >= 0.3 is 0 Å². The van der Waals surface area contributed by atoms with E-state index in [9.17, 15) is 0 Å². The maximum atomic E-state index is 5.82. The Morgan fingerprint density at radius 2 is 1.95 bits per heavy atom. The van der Waals surface area contributed by atoms with Crippen LogP contribution in [0.2, 0.25) is 0 Å². The smallest absolute Gasteiger partial charge is 0.155 e. The van der Waals surface area contributed by atoms with Crippen LogP contribution in [0.1, 0.15) is 38.3 Å². The van der Waals surface area contributed by atoms with Gasteiger partial charge in [-0.3, -0.25) is 4.90 Å². The SMILES string of the molecule is Cc1cccc(-n2ncnc2[C@H](C)N2C[C@@H](C)O[C@@H](C)C2)n1. The minimum absolute atomic E-state index is 0.165. The lowest BCUT2D eigenvalue weighted by molar-refractivity contribution is -0.0800. The first-order chi connectivity index (χ1) is 10.5. The number of hydrogen-bond acceptors (Lipinski definition) is 5. The van der Waals surface area contributed by atoms with Gasteiger partial charge in [-0.2, -0.15) is 9.78 Å². The molecule has 0 bridgehead atoms. The first kappa shape index (κ1) is 15.1. The van der Waals surface area contributed by atoms with Crippen molar-refractivity contribution in [2.75, 3.05) is 13.1 Å². The van der Waals surface area contributed by atoms with E-state index in [1.54, 1.807) is 6.33 Å². The normalized spacial score (nSPS) is 24.4. The number of ether oxygens (including phenoxy) is 1. The third kappa shape index (κ3) is 3.03. The van der Waals surface area contributed by atoms with Crippen molar-refractivity contribution in [2.45, 2.75) is 45.9 Å². The average molecular weight is 301 g/mol. The molecular weight excluding hydrogens is 278 g/mol. The Balaban J connectivity index is 1.88. The summed E-state index contributed by atoms with van der Waals surface area (Å²) in [4.78, 5) is 11.4. The topological polar surface area (TPSA) is 56.1 Å². The van der Waals surface area contributed by atoms with Gasteiger partial charge in [0.25, 0.3) is 0 Å². The summed E-state index contributed by atoms with van der Waals surface area (Å²) in [5.74, 6) is 1.73. The van der Waals surface area contributed by atoms with E-state index in [1.807, 2.05) is 29.8 Å². The molecule has 118 valence electrons. The molecule has 3 atom stereocenters. The molecule has 2 aromatic rings. The molecular formula is C16H23N5O. The minimum Gasteiger partial charge on any atom is -0.373 e. The number of rotatable bonds is 3. The second kappa shape index (κ2) is 6.14. The molecule has 0 radical (unpaired) electrons. The van der Waals surface area contributed by atoms with Crippen LogP contribution in [-0.2, 0) is 4.74 Å². The Bertz CT molecular complexity index is 631. The molecule has 1 aliphatic rings. The molecule has 0 unspecified atom stereocenters. The summed E-state index contributed by atoms with van der Waals surface area (Å²) in [5, 5.41) is 4.37. The third-order valence-electron chi connectivity index (χ3n) is 4.03. The highest BCUT2D eigenvalue weighted by atomic mass is 16.5. The summed E-state index contributed by atoms with van der Waals surface area (Å²) in [6, 6.07) is 6.10. The van der Waals surface area contributed by atoms with Gasteiger partial charge in [0.2, 0.25) is 0 Å². The number of morpholine rings is 1. The van der Waals surface area contributed by atoms with Crippen molar-refractivity contribution in [3.63, 3.8) is 0 Å². The number of nitrogens with zero attached hydrogens (tertiary/aromatic N) is 5. The maximum absolute atomic E-state index is 5.82. The van der Waals surface area contributed by atoms with Gasteiger partial charge in [-0.15, -0.1) is 0 Å². The van der Waals surface area contributed by atoms with Gasteiger partial charge in [0.15, 0.2) is 11.6 Å². The summed E-state index contributed by atoms with van der Waals surface area (Å²) >= 11 is 0. The Morgan fingerprint density at radius 3 is 2.64 bits per heavy atom. The van der Waals surface area contributed by atoms with Crippen LogP contribution < -0.4 is 0 Å². The van der Waals surface area contributed by atoms with Gasteiger partial charge in [0, 0.05) is 18.8 Å². The minimum atomic E-state index is 0.165. The molecule has 0 saturated carbocycles. The lowest BCUT2D eigenvalue weighted by atomic mass is 10.1. The van der Waals surface area contributed by atoms with E-state index in [2.05, 4.69) is 40.7 Å². The monoisotopic (exact) mass is 301 g/mol. The van der Waals surface area contributed by atoms with Gasteiger partial charge in [0.1, 0.15) is 6.33 Å². The van der Waals surface area contributed by atoms with Crippen LogP contribution >= 0.6 is 0 Å². The fraction of sp³-hybridized carbons (Fsp3) is 0.562. The maximum Gasteiger partial charge on any atom is 0.155 e. The van der Waals surface area contributed by atoms with Gasteiger partial charge in [0.05, 0.1) is 18.2 Å². The van der Waals surface area contributed by atoms with Crippen LogP contribution in [0.25, 0.3) is 5.82 Å². The Labute approximate surface area is 131 Å². The molecule has 6 heteroatoms. The van der Waals surface area contributed by atoms with Gasteiger partial charge in [-0.25, -0.2) is 9.97 Å². The average Bonchev–Trinajstić information content (AvgIpc) is 2.94. The molecule has 0 N–H and O–H groups in total. The standard InChI is InChI=1S/C16H23N5O/c1-11-6-5-7-15(19-11)21-16(17-10-18-21)14(4)20-8-12(2)22-13(3)9-20/h5-7,10,12-14H,8-9H2,1-4H3/t12-,13+,14-/m0/s1. The second-order valence-corrected chi connectivity index (χ2v) is 6.05. The van der Waals surface area contributed by atoms with Crippen LogP contribution in [0.4, 0.5) is 0 Å². The number of aromatic nitrogens is 4. The van der Waals surface area contributed by atoms with Gasteiger partial charge in [-0.1, -0.05) is 6.07 Å². The molecule has 0 aromatic carbocycles. The number of pyridine rings is 1. The fourth-order valence-electron chi connectivity index (χ4n) is 3.06.